The summed E-state index contributed by atoms with van der Waals surface area (Å²) in [5, 5.41) is 10.9. The van der Waals surface area contributed by atoms with Crippen LogP contribution in [0, 0.1) is 5.92 Å². The lowest BCUT2D eigenvalue weighted by Crippen LogP contribution is -2.45. The minimum atomic E-state index is -0.234. The Hall–Kier alpha value is -0.680. The maximum atomic E-state index is 10.2. The Kier molecular flexibility index (Phi) is 4.56. The molecule has 0 bridgehead atoms. The van der Waals surface area contributed by atoms with Crippen molar-refractivity contribution in [1.82, 2.24) is 9.88 Å². The lowest BCUT2D eigenvalue weighted by molar-refractivity contribution is -0.0636. The number of ether oxygens (including phenoxy) is 1. The summed E-state index contributed by atoms with van der Waals surface area (Å²) >= 11 is 6.20. The lowest BCUT2D eigenvalue weighted by Gasteiger charge is -2.37. The van der Waals surface area contributed by atoms with Gasteiger partial charge in [-0.3, -0.25) is 9.88 Å². The van der Waals surface area contributed by atoms with E-state index in [1.165, 1.54) is 6.42 Å². The number of aliphatic hydroxyl groups is 1. The standard InChI is InChI=1S/C15H21ClN2O2/c16-13-8-17-5-3-11(13)9-18-6-1-2-14(18)12-10-20-7-4-15(12)19/h3,5,8,12,14-15,19H,1-2,4,6-7,9-10H2. The highest BCUT2D eigenvalue weighted by Crippen LogP contribution is 2.31. The second-order valence-electron chi connectivity index (χ2n) is 5.74. The Morgan fingerprint density at radius 3 is 3.15 bits per heavy atom. The van der Waals surface area contributed by atoms with Gasteiger partial charge in [-0.25, -0.2) is 0 Å². The zero-order chi connectivity index (χ0) is 13.9. The molecule has 0 spiro atoms. The number of aromatic nitrogens is 1. The molecule has 2 aliphatic rings. The van der Waals surface area contributed by atoms with Gasteiger partial charge in [-0.15, -0.1) is 0 Å². The second kappa shape index (κ2) is 6.39. The normalized spacial score (nSPS) is 31.6. The zero-order valence-electron chi connectivity index (χ0n) is 11.5. The van der Waals surface area contributed by atoms with Crippen LogP contribution in [-0.4, -0.2) is 46.9 Å². The summed E-state index contributed by atoms with van der Waals surface area (Å²) < 4.78 is 5.56. The Bertz CT molecular complexity index is 457. The first-order chi connectivity index (χ1) is 9.75. The summed E-state index contributed by atoms with van der Waals surface area (Å²) in [5.41, 5.74) is 1.11. The highest BCUT2D eigenvalue weighted by molar-refractivity contribution is 6.31. The molecule has 1 aromatic heterocycles. The van der Waals surface area contributed by atoms with E-state index >= 15 is 0 Å². The Morgan fingerprint density at radius 1 is 1.45 bits per heavy atom. The van der Waals surface area contributed by atoms with E-state index in [9.17, 15) is 5.11 Å². The van der Waals surface area contributed by atoms with Gasteiger partial charge in [0.1, 0.15) is 0 Å². The van der Waals surface area contributed by atoms with Gasteiger partial charge in [0, 0.05) is 37.5 Å². The van der Waals surface area contributed by atoms with Gasteiger partial charge in [0.05, 0.1) is 17.7 Å². The predicted molar refractivity (Wildman–Crippen MR) is 77.6 cm³/mol. The van der Waals surface area contributed by atoms with Gasteiger partial charge < -0.3 is 9.84 Å². The SMILES string of the molecule is OC1CCOCC1C1CCCN1Cc1ccncc1Cl. The van der Waals surface area contributed by atoms with E-state index in [1.807, 2.05) is 6.07 Å². The Morgan fingerprint density at radius 2 is 2.35 bits per heavy atom. The maximum Gasteiger partial charge on any atom is 0.0634 e. The molecule has 1 N–H and O–H groups in total. The molecular weight excluding hydrogens is 276 g/mol. The van der Waals surface area contributed by atoms with Crippen molar-refractivity contribution in [2.45, 2.75) is 38.0 Å². The fourth-order valence-electron chi connectivity index (χ4n) is 3.40. The van der Waals surface area contributed by atoms with Gasteiger partial charge in [-0.2, -0.15) is 0 Å². The van der Waals surface area contributed by atoms with Crippen molar-refractivity contribution in [1.29, 1.82) is 0 Å². The first kappa shape index (κ1) is 14.3. The number of aliphatic hydroxyl groups excluding tert-OH is 1. The molecule has 0 aliphatic carbocycles. The van der Waals surface area contributed by atoms with E-state index in [4.69, 9.17) is 16.3 Å². The van der Waals surface area contributed by atoms with Crippen LogP contribution < -0.4 is 0 Å². The third kappa shape index (κ3) is 2.98. The van der Waals surface area contributed by atoms with Crippen LogP contribution in [-0.2, 0) is 11.3 Å². The first-order valence-corrected chi connectivity index (χ1v) is 7.72. The molecule has 3 unspecified atom stereocenters. The van der Waals surface area contributed by atoms with Crippen LogP contribution in [0.15, 0.2) is 18.5 Å². The van der Waals surface area contributed by atoms with E-state index < -0.39 is 0 Å². The van der Waals surface area contributed by atoms with E-state index in [-0.39, 0.29) is 12.0 Å². The van der Waals surface area contributed by atoms with Gasteiger partial charge in [-0.1, -0.05) is 11.6 Å². The summed E-state index contributed by atoms with van der Waals surface area (Å²) in [4.78, 5) is 6.46. The van der Waals surface area contributed by atoms with Crippen molar-refractivity contribution >= 4 is 11.6 Å². The molecule has 2 aliphatic heterocycles. The monoisotopic (exact) mass is 296 g/mol. The van der Waals surface area contributed by atoms with Gasteiger partial charge in [0.15, 0.2) is 0 Å². The van der Waals surface area contributed by atoms with Gasteiger partial charge in [0.2, 0.25) is 0 Å². The number of rotatable bonds is 3. The molecule has 5 heteroatoms. The summed E-state index contributed by atoms with van der Waals surface area (Å²) in [6.07, 6.45) is 6.31. The predicted octanol–water partition coefficient (Wildman–Crippen LogP) is 2.10. The molecule has 3 atom stereocenters. The summed E-state index contributed by atoms with van der Waals surface area (Å²) in [7, 11) is 0. The third-order valence-corrected chi connectivity index (χ3v) is 4.84. The minimum absolute atomic E-state index is 0.229. The topological polar surface area (TPSA) is 45.6 Å². The highest BCUT2D eigenvalue weighted by Gasteiger charge is 2.37. The van der Waals surface area contributed by atoms with E-state index in [1.54, 1.807) is 12.4 Å². The summed E-state index contributed by atoms with van der Waals surface area (Å²) in [6.45, 7) is 3.24. The Balaban J connectivity index is 1.71. The number of nitrogens with zero attached hydrogens (tertiary/aromatic N) is 2. The van der Waals surface area contributed by atoms with Crippen molar-refractivity contribution in [3.8, 4) is 0 Å². The molecule has 20 heavy (non-hydrogen) atoms. The zero-order valence-corrected chi connectivity index (χ0v) is 12.3. The number of likely N-dealkylation sites (tertiary alicyclic amines) is 1. The van der Waals surface area contributed by atoms with Crippen LogP contribution in [0.1, 0.15) is 24.8 Å². The molecule has 0 amide bonds. The van der Waals surface area contributed by atoms with E-state index in [0.29, 0.717) is 19.3 Å². The molecule has 0 saturated carbocycles. The van der Waals surface area contributed by atoms with Crippen LogP contribution in [0.25, 0.3) is 0 Å². The van der Waals surface area contributed by atoms with Gasteiger partial charge >= 0.3 is 0 Å². The van der Waals surface area contributed by atoms with E-state index in [0.717, 1.165) is 36.5 Å². The minimum Gasteiger partial charge on any atom is -0.393 e. The lowest BCUT2D eigenvalue weighted by atomic mass is 9.89. The largest absolute Gasteiger partial charge is 0.393 e. The maximum absolute atomic E-state index is 10.2. The first-order valence-electron chi connectivity index (χ1n) is 7.34. The van der Waals surface area contributed by atoms with Crippen LogP contribution in [0.2, 0.25) is 5.02 Å². The molecule has 0 aromatic carbocycles. The molecule has 110 valence electrons. The van der Waals surface area contributed by atoms with Gasteiger partial charge in [-0.05, 0) is 37.4 Å². The van der Waals surface area contributed by atoms with Crippen molar-refractivity contribution in [3.05, 3.63) is 29.0 Å². The van der Waals surface area contributed by atoms with Crippen molar-refractivity contribution in [2.75, 3.05) is 19.8 Å². The molecule has 0 radical (unpaired) electrons. The van der Waals surface area contributed by atoms with Crippen LogP contribution in [0.3, 0.4) is 0 Å². The van der Waals surface area contributed by atoms with Gasteiger partial charge in [0.25, 0.3) is 0 Å². The molecule has 3 heterocycles. The number of halogens is 1. The quantitative estimate of drug-likeness (QED) is 0.928. The molecule has 2 saturated heterocycles. The number of hydrogen-bond acceptors (Lipinski definition) is 4. The fourth-order valence-corrected chi connectivity index (χ4v) is 3.58. The average molecular weight is 297 g/mol. The average Bonchev–Trinajstić information content (AvgIpc) is 2.90. The Labute approximate surface area is 124 Å². The molecule has 1 aromatic rings. The van der Waals surface area contributed by atoms with Crippen LogP contribution >= 0.6 is 11.6 Å². The number of pyridine rings is 1. The molecule has 2 fully saturated rings. The number of hydrogen-bond donors (Lipinski definition) is 1. The molecule has 4 nitrogen and oxygen atoms in total. The summed E-state index contributed by atoms with van der Waals surface area (Å²) in [5.74, 6) is 0.229. The molecular formula is C15H21ClN2O2. The summed E-state index contributed by atoms with van der Waals surface area (Å²) in [6, 6.07) is 2.38. The van der Waals surface area contributed by atoms with Crippen molar-refractivity contribution < 1.29 is 9.84 Å². The van der Waals surface area contributed by atoms with Crippen molar-refractivity contribution in [3.63, 3.8) is 0 Å². The van der Waals surface area contributed by atoms with Crippen LogP contribution in [0.5, 0.6) is 0 Å². The molecule has 3 rings (SSSR count). The van der Waals surface area contributed by atoms with E-state index in [2.05, 4.69) is 9.88 Å². The third-order valence-electron chi connectivity index (χ3n) is 4.50. The smallest absolute Gasteiger partial charge is 0.0634 e. The van der Waals surface area contributed by atoms with Crippen LogP contribution in [0.4, 0.5) is 0 Å². The fraction of sp³-hybridized carbons (Fsp3) is 0.667. The van der Waals surface area contributed by atoms with Crippen molar-refractivity contribution in [2.24, 2.45) is 5.92 Å². The highest BCUT2D eigenvalue weighted by atomic mass is 35.5. The second-order valence-corrected chi connectivity index (χ2v) is 6.15.